The van der Waals surface area contributed by atoms with Crippen LogP contribution in [-0.2, 0) is 13.1 Å². The van der Waals surface area contributed by atoms with E-state index in [-0.39, 0.29) is 30.2 Å². The largest absolute Gasteiger partial charge is 0.506 e. The number of pyridine rings is 1. The van der Waals surface area contributed by atoms with Crippen molar-refractivity contribution < 1.29 is 23.0 Å². The zero-order chi connectivity index (χ0) is 16.1. The highest BCUT2D eigenvalue weighted by Gasteiger charge is 2.13. The molecular formula is C15H15F3N2O2. The van der Waals surface area contributed by atoms with E-state index >= 15 is 0 Å². The first-order chi connectivity index (χ1) is 10.5. The number of benzene rings is 1. The Hall–Kier alpha value is -2.28. The van der Waals surface area contributed by atoms with Gasteiger partial charge < -0.3 is 15.2 Å². The van der Waals surface area contributed by atoms with Gasteiger partial charge in [-0.15, -0.1) is 0 Å². The molecule has 2 N–H and O–H groups in total. The van der Waals surface area contributed by atoms with Crippen LogP contribution in [0.3, 0.4) is 0 Å². The maximum Gasteiger partial charge on any atom is 0.387 e. The number of hydrogen-bond donors (Lipinski definition) is 2. The second-order valence-corrected chi connectivity index (χ2v) is 4.62. The summed E-state index contributed by atoms with van der Waals surface area (Å²) in [4.78, 5) is 4.14. The molecule has 1 aromatic carbocycles. The minimum Gasteiger partial charge on any atom is -0.506 e. The van der Waals surface area contributed by atoms with Crippen molar-refractivity contribution in [3.63, 3.8) is 0 Å². The first-order valence-electron chi connectivity index (χ1n) is 6.55. The smallest absolute Gasteiger partial charge is 0.387 e. The predicted octanol–water partition coefficient (Wildman–Crippen LogP) is 3.13. The van der Waals surface area contributed by atoms with Gasteiger partial charge in [-0.05, 0) is 31.2 Å². The number of rotatable bonds is 6. The van der Waals surface area contributed by atoms with Gasteiger partial charge in [-0.1, -0.05) is 6.07 Å². The molecule has 0 amide bonds. The molecule has 22 heavy (non-hydrogen) atoms. The fraction of sp³-hybridized carbons (Fsp3) is 0.267. The van der Waals surface area contributed by atoms with E-state index in [2.05, 4.69) is 15.0 Å². The molecule has 2 rings (SSSR count). The Kier molecular flexibility index (Phi) is 5.21. The van der Waals surface area contributed by atoms with E-state index in [1.54, 1.807) is 13.0 Å². The minimum atomic E-state index is -3.02. The molecule has 7 heteroatoms. The standard InChI is InChI=1S/C15H15F3N2O2/c1-9-5-6-13(21)12(20-9)8-19-7-10-11(16)3-2-4-14(10)22-15(17)18/h2-6,15,19,21H,7-8H2,1H3. The van der Waals surface area contributed by atoms with Crippen molar-refractivity contribution in [3.05, 3.63) is 53.1 Å². The van der Waals surface area contributed by atoms with Gasteiger partial charge in [-0.25, -0.2) is 4.39 Å². The molecule has 0 unspecified atom stereocenters. The Morgan fingerprint density at radius 1 is 1.23 bits per heavy atom. The highest BCUT2D eigenvalue weighted by Crippen LogP contribution is 2.23. The van der Waals surface area contributed by atoms with Gasteiger partial charge >= 0.3 is 6.61 Å². The van der Waals surface area contributed by atoms with Crippen LogP contribution in [0.15, 0.2) is 30.3 Å². The summed E-state index contributed by atoms with van der Waals surface area (Å²) in [7, 11) is 0. The maximum atomic E-state index is 13.7. The lowest BCUT2D eigenvalue weighted by Gasteiger charge is -2.12. The molecule has 4 nitrogen and oxygen atoms in total. The van der Waals surface area contributed by atoms with E-state index < -0.39 is 12.4 Å². The van der Waals surface area contributed by atoms with Gasteiger partial charge in [0.1, 0.15) is 17.3 Å². The lowest BCUT2D eigenvalue weighted by molar-refractivity contribution is -0.0506. The summed E-state index contributed by atoms with van der Waals surface area (Å²) < 4.78 is 42.7. The summed E-state index contributed by atoms with van der Waals surface area (Å²) in [6, 6.07) is 6.90. The molecule has 2 aromatic rings. The fourth-order valence-electron chi connectivity index (χ4n) is 1.96. The summed E-state index contributed by atoms with van der Waals surface area (Å²) in [6.45, 7) is -1.13. The number of halogens is 3. The predicted molar refractivity (Wildman–Crippen MR) is 74.2 cm³/mol. The number of hydrogen-bond acceptors (Lipinski definition) is 4. The van der Waals surface area contributed by atoms with Crippen LogP contribution in [0, 0.1) is 12.7 Å². The van der Waals surface area contributed by atoms with E-state index in [0.717, 1.165) is 11.8 Å². The topological polar surface area (TPSA) is 54.4 Å². The lowest BCUT2D eigenvalue weighted by atomic mass is 10.2. The molecule has 0 aliphatic carbocycles. The number of ether oxygens (including phenoxy) is 1. The van der Waals surface area contributed by atoms with E-state index in [1.807, 2.05) is 0 Å². The van der Waals surface area contributed by atoms with Crippen molar-refractivity contribution in [1.82, 2.24) is 10.3 Å². The highest BCUT2D eigenvalue weighted by molar-refractivity contribution is 5.35. The summed E-state index contributed by atoms with van der Waals surface area (Å²) in [5, 5.41) is 12.5. The number of nitrogens with one attached hydrogen (secondary N) is 1. The quantitative estimate of drug-likeness (QED) is 0.860. The van der Waals surface area contributed by atoms with Crippen molar-refractivity contribution in [2.75, 3.05) is 0 Å². The molecule has 1 heterocycles. The molecule has 1 aromatic heterocycles. The summed E-state index contributed by atoms with van der Waals surface area (Å²) in [6.07, 6.45) is 0. The van der Waals surface area contributed by atoms with Gasteiger partial charge in [0.25, 0.3) is 0 Å². The summed E-state index contributed by atoms with van der Waals surface area (Å²) >= 11 is 0. The van der Waals surface area contributed by atoms with Crippen LogP contribution in [-0.4, -0.2) is 16.7 Å². The van der Waals surface area contributed by atoms with Gasteiger partial charge in [0, 0.05) is 24.3 Å². The molecule has 0 spiro atoms. The number of alkyl halides is 2. The average molecular weight is 312 g/mol. The van der Waals surface area contributed by atoms with Crippen LogP contribution in [0.2, 0.25) is 0 Å². The Balaban J connectivity index is 2.06. The molecule has 0 radical (unpaired) electrons. The molecule has 0 aliphatic rings. The van der Waals surface area contributed by atoms with Crippen molar-refractivity contribution >= 4 is 0 Å². The Morgan fingerprint density at radius 3 is 2.73 bits per heavy atom. The molecule has 0 saturated carbocycles. The van der Waals surface area contributed by atoms with Gasteiger partial charge in [0.05, 0.1) is 5.69 Å². The number of aromatic hydroxyl groups is 1. The molecule has 0 atom stereocenters. The second-order valence-electron chi connectivity index (χ2n) is 4.62. The molecule has 0 saturated heterocycles. The van der Waals surface area contributed by atoms with Gasteiger partial charge in [-0.3, -0.25) is 4.98 Å². The molecule has 0 aliphatic heterocycles. The summed E-state index contributed by atoms with van der Waals surface area (Å²) in [5.74, 6) is -0.855. The first-order valence-corrected chi connectivity index (χ1v) is 6.55. The summed E-state index contributed by atoms with van der Waals surface area (Å²) in [5.41, 5.74) is 1.12. The number of aryl methyl sites for hydroxylation is 1. The Morgan fingerprint density at radius 2 is 2.00 bits per heavy atom. The van der Waals surface area contributed by atoms with E-state index in [1.165, 1.54) is 18.2 Å². The Bertz CT molecular complexity index is 651. The van der Waals surface area contributed by atoms with Crippen LogP contribution < -0.4 is 10.1 Å². The molecule has 0 bridgehead atoms. The third-order valence-electron chi connectivity index (χ3n) is 2.98. The van der Waals surface area contributed by atoms with Gasteiger partial charge in [0.2, 0.25) is 0 Å². The monoisotopic (exact) mass is 312 g/mol. The molecule has 0 fully saturated rings. The van der Waals surface area contributed by atoms with Crippen molar-refractivity contribution in [1.29, 1.82) is 0 Å². The third kappa shape index (κ3) is 4.11. The van der Waals surface area contributed by atoms with E-state index in [4.69, 9.17) is 0 Å². The van der Waals surface area contributed by atoms with Gasteiger partial charge in [-0.2, -0.15) is 8.78 Å². The third-order valence-corrected chi connectivity index (χ3v) is 2.98. The maximum absolute atomic E-state index is 13.7. The van der Waals surface area contributed by atoms with E-state index in [9.17, 15) is 18.3 Å². The van der Waals surface area contributed by atoms with E-state index in [0.29, 0.717) is 5.69 Å². The van der Waals surface area contributed by atoms with Crippen LogP contribution in [0.1, 0.15) is 17.0 Å². The lowest BCUT2D eigenvalue weighted by Crippen LogP contribution is -2.16. The van der Waals surface area contributed by atoms with Crippen LogP contribution in [0.5, 0.6) is 11.5 Å². The normalized spacial score (nSPS) is 11.0. The Labute approximate surface area is 125 Å². The van der Waals surface area contributed by atoms with Crippen molar-refractivity contribution in [2.45, 2.75) is 26.6 Å². The minimum absolute atomic E-state index is 0.00468. The number of aromatic nitrogens is 1. The van der Waals surface area contributed by atoms with Crippen LogP contribution >= 0.6 is 0 Å². The average Bonchev–Trinajstić information content (AvgIpc) is 2.45. The molecular weight excluding hydrogens is 297 g/mol. The second kappa shape index (κ2) is 7.13. The van der Waals surface area contributed by atoms with Crippen molar-refractivity contribution in [2.24, 2.45) is 0 Å². The fourth-order valence-corrected chi connectivity index (χ4v) is 1.96. The van der Waals surface area contributed by atoms with Crippen LogP contribution in [0.25, 0.3) is 0 Å². The zero-order valence-corrected chi connectivity index (χ0v) is 11.8. The zero-order valence-electron chi connectivity index (χ0n) is 11.8. The SMILES string of the molecule is Cc1ccc(O)c(CNCc2c(F)cccc2OC(F)F)n1. The first kappa shape index (κ1) is 16.1. The number of nitrogens with zero attached hydrogens (tertiary/aromatic N) is 1. The van der Waals surface area contributed by atoms with Crippen LogP contribution in [0.4, 0.5) is 13.2 Å². The molecule has 118 valence electrons. The highest BCUT2D eigenvalue weighted by atomic mass is 19.3. The van der Waals surface area contributed by atoms with Crippen molar-refractivity contribution in [3.8, 4) is 11.5 Å². The van der Waals surface area contributed by atoms with Gasteiger partial charge in [0.15, 0.2) is 0 Å².